The Morgan fingerprint density at radius 2 is 2.17 bits per heavy atom. The summed E-state index contributed by atoms with van der Waals surface area (Å²) in [4.78, 5) is 15.8. The lowest BCUT2D eigenvalue weighted by Gasteiger charge is -2.05. The van der Waals surface area contributed by atoms with E-state index in [2.05, 4.69) is 10.3 Å². The number of hydrogen-bond donors (Lipinski definition) is 2. The van der Waals surface area contributed by atoms with Crippen molar-refractivity contribution in [1.29, 1.82) is 0 Å². The number of amides is 1. The molecule has 0 saturated carbocycles. The van der Waals surface area contributed by atoms with Crippen molar-refractivity contribution in [2.24, 2.45) is 0 Å². The summed E-state index contributed by atoms with van der Waals surface area (Å²) in [6.45, 7) is 2.48. The third kappa shape index (κ3) is 2.66. The van der Waals surface area contributed by atoms with Crippen molar-refractivity contribution in [3.8, 4) is 17.0 Å². The molecule has 0 saturated heterocycles. The van der Waals surface area contributed by atoms with Crippen molar-refractivity contribution in [3.63, 3.8) is 0 Å². The van der Waals surface area contributed by atoms with Gasteiger partial charge in [-0.25, -0.2) is 0 Å². The second-order valence-electron chi connectivity index (χ2n) is 3.84. The quantitative estimate of drug-likeness (QED) is 0.867. The van der Waals surface area contributed by atoms with Gasteiger partial charge in [0.05, 0.1) is 11.9 Å². The number of carbonyl (C=O) groups is 1. The van der Waals surface area contributed by atoms with Gasteiger partial charge in [-0.1, -0.05) is 12.1 Å². The van der Waals surface area contributed by atoms with Crippen LogP contribution in [0, 0.1) is 0 Å². The van der Waals surface area contributed by atoms with Crippen LogP contribution in [-0.4, -0.2) is 22.5 Å². The van der Waals surface area contributed by atoms with E-state index in [1.165, 1.54) is 6.20 Å². The molecule has 4 nitrogen and oxygen atoms in total. The number of hydrogen-bond acceptors (Lipinski definition) is 3. The third-order valence-corrected chi connectivity index (χ3v) is 2.51. The first-order chi connectivity index (χ1) is 8.70. The van der Waals surface area contributed by atoms with Crippen molar-refractivity contribution in [1.82, 2.24) is 10.3 Å². The smallest absolute Gasteiger partial charge is 0.251 e. The highest BCUT2D eigenvalue weighted by Gasteiger charge is 2.06. The highest BCUT2D eigenvalue weighted by atomic mass is 16.3. The molecule has 2 aromatic rings. The number of benzene rings is 1. The van der Waals surface area contributed by atoms with Gasteiger partial charge in [0.25, 0.3) is 5.91 Å². The topological polar surface area (TPSA) is 62.2 Å². The first-order valence-corrected chi connectivity index (χ1v) is 5.74. The van der Waals surface area contributed by atoms with Crippen LogP contribution in [0.5, 0.6) is 5.75 Å². The Labute approximate surface area is 105 Å². The minimum Gasteiger partial charge on any atom is -0.506 e. The number of pyridine rings is 1. The lowest BCUT2D eigenvalue weighted by Crippen LogP contribution is -2.22. The van der Waals surface area contributed by atoms with Crippen LogP contribution < -0.4 is 5.32 Å². The fraction of sp³-hybridized carbons (Fsp3) is 0.143. The number of rotatable bonds is 3. The molecular weight excluding hydrogens is 228 g/mol. The molecule has 0 spiro atoms. The van der Waals surface area contributed by atoms with E-state index < -0.39 is 0 Å². The second kappa shape index (κ2) is 5.31. The molecule has 92 valence electrons. The number of aromatic hydroxyl groups is 1. The van der Waals surface area contributed by atoms with Crippen LogP contribution in [-0.2, 0) is 0 Å². The zero-order valence-corrected chi connectivity index (χ0v) is 10.1. The van der Waals surface area contributed by atoms with E-state index in [1.807, 2.05) is 19.1 Å². The maximum Gasteiger partial charge on any atom is 0.251 e. The summed E-state index contributed by atoms with van der Waals surface area (Å²) < 4.78 is 0. The summed E-state index contributed by atoms with van der Waals surface area (Å²) in [6.07, 6.45) is 1.38. The lowest BCUT2D eigenvalue weighted by molar-refractivity contribution is 0.0956. The zero-order valence-electron chi connectivity index (χ0n) is 10.1. The Hall–Kier alpha value is -2.36. The van der Waals surface area contributed by atoms with Crippen LogP contribution in [0.2, 0.25) is 0 Å². The summed E-state index contributed by atoms with van der Waals surface area (Å²) >= 11 is 0. The average Bonchev–Trinajstić information content (AvgIpc) is 2.40. The molecule has 1 heterocycles. The lowest BCUT2D eigenvalue weighted by atomic mass is 10.1. The molecule has 0 aliphatic rings. The largest absolute Gasteiger partial charge is 0.506 e. The van der Waals surface area contributed by atoms with Gasteiger partial charge in [0, 0.05) is 17.7 Å². The summed E-state index contributed by atoms with van der Waals surface area (Å²) in [5, 5.41) is 11.9. The predicted molar refractivity (Wildman–Crippen MR) is 69.3 cm³/mol. The molecular formula is C14H14N2O2. The molecule has 2 rings (SSSR count). The molecule has 1 aromatic carbocycles. The third-order valence-electron chi connectivity index (χ3n) is 2.51. The van der Waals surface area contributed by atoms with E-state index >= 15 is 0 Å². The maximum atomic E-state index is 11.7. The van der Waals surface area contributed by atoms with Crippen LogP contribution in [0.3, 0.4) is 0 Å². The van der Waals surface area contributed by atoms with E-state index in [0.29, 0.717) is 12.1 Å². The van der Waals surface area contributed by atoms with Gasteiger partial charge in [0.15, 0.2) is 0 Å². The predicted octanol–water partition coefficient (Wildman–Crippen LogP) is 2.20. The molecule has 0 aliphatic heterocycles. The number of nitrogens with one attached hydrogen (secondary N) is 1. The maximum absolute atomic E-state index is 11.7. The molecule has 1 amide bonds. The van der Waals surface area contributed by atoms with E-state index in [1.54, 1.807) is 24.3 Å². The SMILES string of the molecule is CCNC(=O)c1cccc(-c2ccc(O)cn2)c1. The van der Waals surface area contributed by atoms with Gasteiger partial charge >= 0.3 is 0 Å². The normalized spacial score (nSPS) is 10.1. The molecule has 0 atom stereocenters. The molecule has 0 bridgehead atoms. The summed E-state index contributed by atoms with van der Waals surface area (Å²) in [5.74, 6) is 0.0248. The van der Waals surface area contributed by atoms with Gasteiger partial charge in [-0.3, -0.25) is 9.78 Å². The zero-order chi connectivity index (χ0) is 13.0. The number of nitrogens with zero attached hydrogens (tertiary/aromatic N) is 1. The van der Waals surface area contributed by atoms with Crippen molar-refractivity contribution in [3.05, 3.63) is 48.2 Å². The fourth-order valence-electron chi connectivity index (χ4n) is 1.64. The fourth-order valence-corrected chi connectivity index (χ4v) is 1.64. The van der Waals surface area contributed by atoms with Gasteiger partial charge in [-0.05, 0) is 31.2 Å². The van der Waals surface area contributed by atoms with Gasteiger partial charge in [0.2, 0.25) is 0 Å². The van der Waals surface area contributed by atoms with E-state index in [-0.39, 0.29) is 11.7 Å². The van der Waals surface area contributed by atoms with Crippen molar-refractivity contribution >= 4 is 5.91 Å². The van der Waals surface area contributed by atoms with E-state index in [0.717, 1.165) is 11.3 Å². The van der Waals surface area contributed by atoms with Gasteiger partial charge in [0.1, 0.15) is 5.75 Å². The van der Waals surface area contributed by atoms with E-state index in [4.69, 9.17) is 0 Å². The van der Waals surface area contributed by atoms with Crippen LogP contribution in [0.4, 0.5) is 0 Å². The highest BCUT2D eigenvalue weighted by molar-refractivity contribution is 5.95. The second-order valence-corrected chi connectivity index (χ2v) is 3.84. The van der Waals surface area contributed by atoms with Crippen molar-refractivity contribution < 1.29 is 9.90 Å². The Kier molecular flexibility index (Phi) is 3.57. The Morgan fingerprint density at radius 3 is 2.83 bits per heavy atom. The monoisotopic (exact) mass is 242 g/mol. The molecule has 1 aromatic heterocycles. The minimum absolute atomic E-state index is 0.0990. The summed E-state index contributed by atoms with van der Waals surface area (Å²) in [6, 6.07) is 10.5. The first-order valence-electron chi connectivity index (χ1n) is 5.74. The van der Waals surface area contributed by atoms with Gasteiger partial charge in [-0.15, -0.1) is 0 Å². The molecule has 2 N–H and O–H groups in total. The van der Waals surface area contributed by atoms with Gasteiger partial charge in [-0.2, -0.15) is 0 Å². The molecule has 4 heteroatoms. The highest BCUT2D eigenvalue weighted by Crippen LogP contribution is 2.19. The van der Waals surface area contributed by atoms with Crippen molar-refractivity contribution in [2.75, 3.05) is 6.54 Å². The van der Waals surface area contributed by atoms with Crippen LogP contribution >= 0.6 is 0 Å². The van der Waals surface area contributed by atoms with Crippen LogP contribution in [0.1, 0.15) is 17.3 Å². The Balaban J connectivity index is 2.32. The van der Waals surface area contributed by atoms with Crippen molar-refractivity contribution in [2.45, 2.75) is 6.92 Å². The van der Waals surface area contributed by atoms with Gasteiger partial charge < -0.3 is 10.4 Å². The number of aromatic nitrogens is 1. The van der Waals surface area contributed by atoms with E-state index in [9.17, 15) is 9.90 Å². The standard InChI is InChI=1S/C14H14N2O2/c1-2-15-14(18)11-5-3-4-10(8-11)13-7-6-12(17)9-16-13/h3-9,17H,2H2,1H3,(H,15,18). The number of carbonyl (C=O) groups excluding carboxylic acids is 1. The summed E-state index contributed by atoms with van der Waals surface area (Å²) in [5.41, 5.74) is 2.17. The molecule has 18 heavy (non-hydrogen) atoms. The average molecular weight is 242 g/mol. The van der Waals surface area contributed by atoms with Crippen LogP contribution in [0.25, 0.3) is 11.3 Å². The molecule has 0 radical (unpaired) electrons. The Morgan fingerprint density at radius 1 is 1.33 bits per heavy atom. The minimum atomic E-state index is -0.0990. The van der Waals surface area contributed by atoms with Crippen LogP contribution in [0.15, 0.2) is 42.6 Å². The summed E-state index contributed by atoms with van der Waals surface area (Å²) in [7, 11) is 0. The molecule has 0 fully saturated rings. The molecule has 0 unspecified atom stereocenters. The first kappa shape index (κ1) is 12.1. The Bertz CT molecular complexity index is 550. The molecule has 0 aliphatic carbocycles.